The van der Waals surface area contributed by atoms with Crippen LogP contribution < -0.4 is 4.74 Å². The number of hydrogen-bond donors (Lipinski definition) is 1. The fraction of sp³-hybridized carbons (Fsp3) is 0.586. The van der Waals surface area contributed by atoms with Crippen LogP contribution in [0.5, 0.6) is 5.75 Å². The van der Waals surface area contributed by atoms with Crippen LogP contribution in [0.3, 0.4) is 0 Å². The standard InChI is InChI=1S/C29H28F5NO5S/c1-25-8-7-16(36)11-20(25)21(30)12-19-18-13-23-28(41-10-9-35,26(18,2)14-22(37)27(19,25)31)40-24(38-23)15-3-5-17(6-4-15)39-29(32,33)34/h3-8,11,18-19,21-24,37H,10,12-14H2,1-2H3/t18-,19-,21-,22-,23+,24?,25-,26-,27-,28-/m0/s1. The first-order valence-corrected chi connectivity index (χ1v) is 14.3. The minimum absolute atomic E-state index is 0.00400. The second-order valence-electron chi connectivity index (χ2n) is 11.9. The van der Waals surface area contributed by atoms with E-state index in [0.717, 1.165) is 18.2 Å². The van der Waals surface area contributed by atoms with Crippen molar-refractivity contribution in [2.24, 2.45) is 22.7 Å². The van der Waals surface area contributed by atoms with Crippen molar-refractivity contribution in [1.82, 2.24) is 0 Å². The van der Waals surface area contributed by atoms with Crippen molar-refractivity contribution in [3.63, 3.8) is 0 Å². The number of nitriles is 1. The molecule has 6 nitrogen and oxygen atoms in total. The third kappa shape index (κ3) is 3.95. The van der Waals surface area contributed by atoms with Crippen LogP contribution in [0.4, 0.5) is 22.0 Å². The molecule has 1 aromatic rings. The molecule has 1 saturated heterocycles. The first-order chi connectivity index (χ1) is 19.2. The maximum Gasteiger partial charge on any atom is 0.573 e. The third-order valence-corrected chi connectivity index (χ3v) is 11.5. The van der Waals surface area contributed by atoms with Gasteiger partial charge in [-0.3, -0.25) is 4.79 Å². The van der Waals surface area contributed by atoms with Gasteiger partial charge < -0.3 is 19.3 Å². The van der Waals surface area contributed by atoms with Crippen molar-refractivity contribution < 1.29 is 46.1 Å². The van der Waals surface area contributed by atoms with Gasteiger partial charge in [0.05, 0.1) is 17.9 Å². The lowest BCUT2D eigenvalue weighted by Crippen LogP contribution is -2.69. The zero-order valence-corrected chi connectivity index (χ0v) is 23.0. The third-order valence-electron chi connectivity index (χ3n) is 10.0. The number of benzene rings is 1. The lowest BCUT2D eigenvalue weighted by Gasteiger charge is -2.63. The van der Waals surface area contributed by atoms with E-state index in [1.807, 2.05) is 6.92 Å². The molecule has 220 valence electrons. The van der Waals surface area contributed by atoms with E-state index in [4.69, 9.17) is 9.47 Å². The molecule has 1 heterocycles. The average molecular weight is 598 g/mol. The summed E-state index contributed by atoms with van der Waals surface area (Å²) in [5, 5.41) is 21.0. The zero-order chi connectivity index (χ0) is 29.6. The summed E-state index contributed by atoms with van der Waals surface area (Å²) >= 11 is 1.18. The second-order valence-corrected chi connectivity index (χ2v) is 13.1. The van der Waals surface area contributed by atoms with Gasteiger partial charge in [0.1, 0.15) is 23.0 Å². The maximum atomic E-state index is 17.4. The molecule has 41 heavy (non-hydrogen) atoms. The quantitative estimate of drug-likeness (QED) is 0.434. The van der Waals surface area contributed by atoms with Crippen LogP contribution in [-0.2, 0) is 14.3 Å². The number of carbonyl (C=O) groups excluding carboxylic acids is 1. The van der Waals surface area contributed by atoms with Crippen LogP contribution in [0.2, 0.25) is 0 Å². The highest BCUT2D eigenvalue weighted by Crippen LogP contribution is 2.74. The van der Waals surface area contributed by atoms with Crippen molar-refractivity contribution >= 4 is 17.5 Å². The predicted molar refractivity (Wildman–Crippen MR) is 137 cm³/mol. The van der Waals surface area contributed by atoms with Gasteiger partial charge in [-0.25, -0.2) is 8.78 Å². The number of alkyl halides is 5. The molecule has 1 aromatic carbocycles. The normalized spacial score (nSPS) is 44.8. The predicted octanol–water partition coefficient (Wildman–Crippen LogP) is 5.88. The first-order valence-electron chi connectivity index (χ1n) is 13.3. The Hall–Kier alpha value is -2.46. The van der Waals surface area contributed by atoms with Crippen LogP contribution in [0.15, 0.2) is 48.1 Å². The van der Waals surface area contributed by atoms with Crippen LogP contribution in [0, 0.1) is 34.0 Å². The Labute approximate surface area is 237 Å². The molecule has 0 bridgehead atoms. The lowest BCUT2D eigenvalue weighted by molar-refractivity contribution is -0.274. The summed E-state index contributed by atoms with van der Waals surface area (Å²) in [5.74, 6) is -2.28. The van der Waals surface area contributed by atoms with E-state index in [-0.39, 0.29) is 30.6 Å². The van der Waals surface area contributed by atoms with Gasteiger partial charge in [0.25, 0.3) is 0 Å². The zero-order valence-electron chi connectivity index (χ0n) is 22.2. The number of aliphatic hydroxyl groups is 1. The van der Waals surface area contributed by atoms with Crippen LogP contribution >= 0.6 is 11.8 Å². The molecular formula is C29H28F5NO5S. The van der Waals surface area contributed by atoms with E-state index in [2.05, 4.69) is 10.8 Å². The summed E-state index contributed by atoms with van der Waals surface area (Å²) in [6.07, 6.45) is -5.97. The van der Waals surface area contributed by atoms with Crippen molar-refractivity contribution in [1.29, 1.82) is 5.26 Å². The van der Waals surface area contributed by atoms with Gasteiger partial charge >= 0.3 is 6.36 Å². The van der Waals surface area contributed by atoms with Crippen LogP contribution in [0.25, 0.3) is 0 Å². The second kappa shape index (κ2) is 9.27. The molecule has 6 rings (SSSR count). The summed E-state index contributed by atoms with van der Waals surface area (Å²) in [7, 11) is 0. The molecule has 3 saturated carbocycles. The van der Waals surface area contributed by atoms with Crippen molar-refractivity contribution in [2.45, 2.75) is 74.7 Å². The fourth-order valence-corrected chi connectivity index (χ4v) is 9.57. The molecule has 12 heteroatoms. The smallest absolute Gasteiger partial charge is 0.406 e. The molecule has 1 unspecified atom stereocenters. The summed E-state index contributed by atoms with van der Waals surface area (Å²) in [5.41, 5.74) is -4.31. The molecule has 1 aliphatic heterocycles. The average Bonchev–Trinajstić information content (AvgIpc) is 3.37. The van der Waals surface area contributed by atoms with Crippen molar-refractivity contribution in [2.75, 3.05) is 5.75 Å². The Morgan fingerprint density at radius 3 is 2.56 bits per heavy atom. The largest absolute Gasteiger partial charge is 0.573 e. The summed E-state index contributed by atoms with van der Waals surface area (Å²) < 4.78 is 87.8. The number of nitrogens with zero attached hydrogens (tertiary/aromatic N) is 1. The minimum Gasteiger partial charge on any atom is -0.406 e. The molecule has 0 radical (unpaired) electrons. The Morgan fingerprint density at radius 1 is 1.20 bits per heavy atom. The number of aliphatic hydroxyl groups excluding tert-OH is 1. The topological polar surface area (TPSA) is 88.8 Å². The number of carbonyl (C=O) groups is 1. The number of allylic oxidation sites excluding steroid dienone is 4. The molecule has 0 aromatic heterocycles. The Morgan fingerprint density at radius 2 is 1.90 bits per heavy atom. The van der Waals surface area contributed by atoms with Gasteiger partial charge in [0, 0.05) is 22.3 Å². The van der Waals surface area contributed by atoms with E-state index in [1.165, 1.54) is 43.0 Å². The SMILES string of the molecule is C[C@]12C=CC(=O)C=C1[C@@H](F)C[C@H]1[C@@H]3C[C@H]4OC(c5ccc(OC(F)(F)F)cc5)O[C@@]4(SCC#N)[C@@]3(C)C[C@H](O)[C@@]12F. The summed E-state index contributed by atoms with van der Waals surface area (Å²) in [4.78, 5) is 10.8. The van der Waals surface area contributed by atoms with E-state index in [9.17, 15) is 28.3 Å². The number of ketones is 1. The van der Waals surface area contributed by atoms with Crippen LogP contribution in [-0.4, -0.2) is 52.0 Å². The number of fused-ring (bicyclic) bond motifs is 7. The summed E-state index contributed by atoms with van der Waals surface area (Å²) in [6.45, 7) is 3.37. The van der Waals surface area contributed by atoms with Crippen LogP contribution in [0.1, 0.15) is 45.0 Å². The highest BCUT2D eigenvalue weighted by Gasteiger charge is 2.78. The van der Waals surface area contributed by atoms with Gasteiger partial charge in [-0.05, 0) is 62.0 Å². The molecule has 10 atom stereocenters. The number of halogens is 5. The van der Waals surface area contributed by atoms with Gasteiger partial charge in [0.2, 0.25) is 0 Å². The van der Waals surface area contributed by atoms with Gasteiger partial charge in [-0.15, -0.1) is 24.9 Å². The van der Waals surface area contributed by atoms with E-state index < -0.39 is 75.8 Å². The molecular weight excluding hydrogens is 569 g/mol. The minimum atomic E-state index is -4.84. The van der Waals surface area contributed by atoms with Gasteiger partial charge in [-0.2, -0.15) is 5.26 Å². The van der Waals surface area contributed by atoms with E-state index in [0.29, 0.717) is 5.56 Å². The Bertz CT molecular complexity index is 1360. The highest BCUT2D eigenvalue weighted by molar-refractivity contribution is 8.00. The number of hydrogen-bond acceptors (Lipinski definition) is 7. The molecule has 4 fully saturated rings. The summed E-state index contributed by atoms with van der Waals surface area (Å²) in [6, 6.07) is 7.14. The molecule has 5 aliphatic rings. The molecule has 1 N–H and O–H groups in total. The van der Waals surface area contributed by atoms with Crippen molar-refractivity contribution in [3.8, 4) is 11.8 Å². The number of thioether (sulfide) groups is 1. The lowest BCUT2D eigenvalue weighted by atomic mass is 9.45. The van der Waals surface area contributed by atoms with Gasteiger partial charge in [0.15, 0.2) is 17.7 Å². The van der Waals surface area contributed by atoms with E-state index >= 15 is 8.78 Å². The number of ether oxygens (including phenoxy) is 3. The highest BCUT2D eigenvalue weighted by atomic mass is 32.2. The number of rotatable bonds is 4. The van der Waals surface area contributed by atoms with Gasteiger partial charge in [-0.1, -0.05) is 25.1 Å². The maximum absolute atomic E-state index is 17.4. The molecule has 0 amide bonds. The first kappa shape index (κ1) is 28.6. The fourth-order valence-electron chi connectivity index (χ4n) is 8.24. The Balaban J connectivity index is 1.35. The molecule has 0 spiro atoms. The molecule has 4 aliphatic carbocycles. The van der Waals surface area contributed by atoms with E-state index in [1.54, 1.807) is 0 Å². The van der Waals surface area contributed by atoms with Crippen molar-refractivity contribution in [3.05, 3.63) is 53.6 Å². The Kier molecular flexibility index (Phi) is 6.48. The monoisotopic (exact) mass is 597 g/mol.